The topological polar surface area (TPSA) is 85.1 Å². The van der Waals surface area contributed by atoms with Crippen LogP contribution in [-0.2, 0) is 10.0 Å². The number of hydrogen-bond donors (Lipinski definition) is 2. The van der Waals surface area contributed by atoms with E-state index in [1.54, 1.807) is 6.07 Å². The zero-order valence-electron chi connectivity index (χ0n) is 9.47. The Bertz CT molecular complexity index is 647. The predicted molar refractivity (Wildman–Crippen MR) is 69.8 cm³/mol. The average molecular weight is 271 g/mol. The Hall–Kier alpha value is -1.18. The van der Waals surface area contributed by atoms with Gasteiger partial charge in [0.1, 0.15) is 0 Å². The van der Waals surface area contributed by atoms with E-state index >= 15 is 0 Å². The number of fused-ring (bicyclic) bond motifs is 1. The van der Waals surface area contributed by atoms with Crippen molar-refractivity contribution < 1.29 is 8.42 Å². The van der Waals surface area contributed by atoms with Gasteiger partial charge >= 0.3 is 0 Å². The number of nitrogens with one attached hydrogen (secondary N) is 1. The molecule has 1 aromatic carbocycles. The number of aromatic nitrogens is 1. The van der Waals surface area contributed by atoms with Crippen LogP contribution in [0, 0.1) is 0 Å². The van der Waals surface area contributed by atoms with Gasteiger partial charge in [0, 0.05) is 11.7 Å². The Morgan fingerprint density at radius 2 is 2.12 bits per heavy atom. The van der Waals surface area contributed by atoms with Crippen molar-refractivity contribution in [3.8, 4) is 0 Å². The van der Waals surface area contributed by atoms with E-state index in [1.807, 2.05) is 26.0 Å². The number of rotatable bonds is 3. The van der Waals surface area contributed by atoms with E-state index in [0.29, 0.717) is 11.6 Å². The van der Waals surface area contributed by atoms with Gasteiger partial charge in [0.05, 0.1) is 10.2 Å². The fraction of sp³-hybridized carbons (Fsp3) is 0.300. The van der Waals surface area contributed by atoms with Gasteiger partial charge in [0.15, 0.2) is 0 Å². The van der Waals surface area contributed by atoms with E-state index < -0.39 is 10.0 Å². The fourth-order valence-corrected chi connectivity index (χ4v) is 3.14. The van der Waals surface area contributed by atoms with Crippen LogP contribution in [0.25, 0.3) is 10.2 Å². The Kier molecular flexibility index (Phi) is 3.07. The molecule has 7 heteroatoms. The first-order valence-corrected chi connectivity index (χ1v) is 7.42. The van der Waals surface area contributed by atoms with Gasteiger partial charge in [0.2, 0.25) is 4.34 Å². The second-order valence-electron chi connectivity index (χ2n) is 4.01. The van der Waals surface area contributed by atoms with Crippen LogP contribution < -0.4 is 10.5 Å². The van der Waals surface area contributed by atoms with Gasteiger partial charge in [-0.25, -0.2) is 18.5 Å². The van der Waals surface area contributed by atoms with Gasteiger partial charge in [-0.05, 0) is 32.0 Å². The summed E-state index contributed by atoms with van der Waals surface area (Å²) in [5.41, 5.74) is 1.59. The summed E-state index contributed by atoms with van der Waals surface area (Å²) in [6.07, 6.45) is 0. The number of hydrogen-bond acceptors (Lipinski definition) is 5. The number of benzene rings is 1. The van der Waals surface area contributed by atoms with Crippen molar-refractivity contribution in [2.75, 3.05) is 5.32 Å². The lowest BCUT2D eigenvalue weighted by Crippen LogP contribution is -2.11. The molecule has 17 heavy (non-hydrogen) atoms. The zero-order valence-corrected chi connectivity index (χ0v) is 11.1. The van der Waals surface area contributed by atoms with Crippen LogP contribution in [0.2, 0.25) is 0 Å². The van der Waals surface area contributed by atoms with Crippen molar-refractivity contribution in [3.05, 3.63) is 18.2 Å². The number of nitrogens with zero attached hydrogens (tertiary/aromatic N) is 1. The second-order valence-corrected chi connectivity index (χ2v) is 6.77. The summed E-state index contributed by atoms with van der Waals surface area (Å²) >= 11 is 1.08. The molecule has 0 fully saturated rings. The van der Waals surface area contributed by atoms with Crippen LogP contribution in [0.1, 0.15) is 13.8 Å². The molecule has 2 rings (SSSR count). The van der Waals surface area contributed by atoms with Gasteiger partial charge in [0.25, 0.3) is 10.0 Å². The summed E-state index contributed by atoms with van der Waals surface area (Å²) in [6.45, 7) is 4.07. The molecule has 0 bridgehead atoms. The molecule has 1 heterocycles. The minimum atomic E-state index is -3.71. The maximum absolute atomic E-state index is 11.2. The highest BCUT2D eigenvalue weighted by Crippen LogP contribution is 2.27. The lowest BCUT2D eigenvalue weighted by molar-refractivity contribution is 0.597. The molecule has 0 aliphatic rings. The highest BCUT2D eigenvalue weighted by atomic mass is 32.2. The lowest BCUT2D eigenvalue weighted by Gasteiger charge is -2.08. The summed E-state index contributed by atoms with van der Waals surface area (Å²) in [5.74, 6) is 0. The normalized spacial score (nSPS) is 12.2. The summed E-state index contributed by atoms with van der Waals surface area (Å²) < 4.78 is 23.1. The molecule has 2 aromatic rings. The quantitative estimate of drug-likeness (QED) is 0.890. The third-order valence-corrected chi connectivity index (χ3v) is 4.41. The molecule has 0 amide bonds. The molecule has 0 spiro atoms. The lowest BCUT2D eigenvalue weighted by atomic mass is 10.2. The molecule has 0 radical (unpaired) electrons. The van der Waals surface area contributed by atoms with Crippen molar-refractivity contribution in [1.82, 2.24) is 4.98 Å². The van der Waals surface area contributed by atoms with Gasteiger partial charge in [-0.2, -0.15) is 0 Å². The average Bonchev–Trinajstić information content (AvgIpc) is 2.58. The monoisotopic (exact) mass is 271 g/mol. The number of thiazole rings is 1. The second kappa shape index (κ2) is 4.25. The fourth-order valence-electron chi connectivity index (χ4n) is 1.45. The van der Waals surface area contributed by atoms with Crippen LogP contribution in [0.3, 0.4) is 0 Å². The molecule has 0 aliphatic carbocycles. The molecule has 92 valence electrons. The van der Waals surface area contributed by atoms with Crippen LogP contribution >= 0.6 is 11.3 Å². The minimum absolute atomic E-state index is 0.0470. The van der Waals surface area contributed by atoms with Gasteiger partial charge in [-0.1, -0.05) is 0 Å². The maximum atomic E-state index is 11.2. The molecule has 0 saturated carbocycles. The van der Waals surface area contributed by atoms with Crippen LogP contribution in [0.4, 0.5) is 5.69 Å². The summed E-state index contributed by atoms with van der Waals surface area (Å²) in [5, 5.41) is 8.29. The van der Waals surface area contributed by atoms with Crippen molar-refractivity contribution in [3.63, 3.8) is 0 Å². The number of nitrogens with two attached hydrogens (primary N) is 1. The molecule has 3 N–H and O–H groups in total. The summed E-state index contributed by atoms with van der Waals surface area (Å²) in [6, 6.07) is 5.85. The number of sulfonamides is 1. The molecule has 0 unspecified atom stereocenters. The van der Waals surface area contributed by atoms with Gasteiger partial charge in [-0.3, -0.25) is 0 Å². The van der Waals surface area contributed by atoms with Crippen molar-refractivity contribution in [2.45, 2.75) is 24.2 Å². The Labute approximate surface area is 104 Å². The van der Waals surface area contributed by atoms with Crippen LogP contribution in [-0.4, -0.2) is 19.4 Å². The highest BCUT2D eigenvalue weighted by molar-refractivity contribution is 7.91. The van der Waals surface area contributed by atoms with E-state index in [-0.39, 0.29) is 4.34 Å². The Morgan fingerprint density at radius 3 is 2.71 bits per heavy atom. The Morgan fingerprint density at radius 1 is 1.41 bits per heavy atom. The van der Waals surface area contributed by atoms with E-state index in [1.165, 1.54) is 0 Å². The van der Waals surface area contributed by atoms with Crippen LogP contribution in [0.15, 0.2) is 22.5 Å². The SMILES string of the molecule is CC(C)Nc1ccc2nc(S(N)(=O)=O)sc2c1. The van der Waals surface area contributed by atoms with Crippen LogP contribution in [0.5, 0.6) is 0 Å². The number of primary sulfonamides is 1. The Balaban J connectivity index is 2.48. The van der Waals surface area contributed by atoms with Gasteiger partial charge < -0.3 is 5.32 Å². The molecule has 5 nitrogen and oxygen atoms in total. The largest absolute Gasteiger partial charge is 0.383 e. The zero-order chi connectivity index (χ0) is 12.6. The maximum Gasteiger partial charge on any atom is 0.265 e. The van der Waals surface area contributed by atoms with E-state index in [4.69, 9.17) is 5.14 Å². The third kappa shape index (κ3) is 2.74. The summed E-state index contributed by atoms with van der Waals surface area (Å²) in [4.78, 5) is 3.98. The third-order valence-electron chi connectivity index (χ3n) is 2.07. The van der Waals surface area contributed by atoms with Gasteiger partial charge in [-0.15, -0.1) is 11.3 Å². The smallest absolute Gasteiger partial charge is 0.265 e. The van der Waals surface area contributed by atoms with E-state index in [2.05, 4.69) is 10.3 Å². The number of anilines is 1. The first-order valence-electron chi connectivity index (χ1n) is 5.06. The standard InChI is InChI=1S/C10H13N3O2S2/c1-6(2)12-7-3-4-8-9(5-7)16-10(13-8)17(11,14)15/h3-6,12H,1-2H3,(H2,11,14,15). The highest BCUT2D eigenvalue weighted by Gasteiger charge is 2.14. The molecule has 0 saturated heterocycles. The minimum Gasteiger partial charge on any atom is -0.383 e. The first-order chi connectivity index (χ1) is 7.86. The van der Waals surface area contributed by atoms with E-state index in [0.717, 1.165) is 21.7 Å². The molecule has 1 aromatic heterocycles. The predicted octanol–water partition coefficient (Wildman–Crippen LogP) is 1.76. The first kappa shape index (κ1) is 12.3. The van der Waals surface area contributed by atoms with Crippen molar-refractivity contribution in [1.29, 1.82) is 0 Å². The molecular weight excluding hydrogens is 258 g/mol. The van der Waals surface area contributed by atoms with Crippen molar-refractivity contribution in [2.24, 2.45) is 5.14 Å². The molecular formula is C10H13N3O2S2. The molecule has 0 atom stereocenters. The molecule has 0 aliphatic heterocycles. The summed E-state index contributed by atoms with van der Waals surface area (Å²) in [7, 11) is -3.71. The van der Waals surface area contributed by atoms with E-state index in [9.17, 15) is 8.42 Å². The van der Waals surface area contributed by atoms with Crippen molar-refractivity contribution >= 4 is 37.3 Å².